The lowest BCUT2D eigenvalue weighted by molar-refractivity contribution is -0.157. The Balaban J connectivity index is 1.81. The van der Waals surface area contributed by atoms with Crippen LogP contribution in [0.25, 0.3) is 0 Å². The van der Waals surface area contributed by atoms with E-state index in [4.69, 9.17) is 4.74 Å². The van der Waals surface area contributed by atoms with E-state index in [0.717, 1.165) is 38.5 Å². The number of ether oxygens (including phenoxy) is 1. The number of nitriles is 1. The average Bonchev–Trinajstić information content (AvgIpc) is 2.89. The summed E-state index contributed by atoms with van der Waals surface area (Å²) in [5, 5.41) is 12.5. The third-order valence-corrected chi connectivity index (χ3v) is 7.15. The highest BCUT2D eigenvalue weighted by atomic mass is 16.5. The summed E-state index contributed by atoms with van der Waals surface area (Å²) in [5.74, 6) is 0.759. The van der Waals surface area contributed by atoms with Gasteiger partial charge in [0.05, 0.1) is 17.9 Å². The number of carbonyl (C=O) groups excluding carboxylic acids is 2. The quantitative estimate of drug-likeness (QED) is 0.789. The molecule has 3 aliphatic rings. The molecule has 24 heavy (non-hydrogen) atoms. The molecule has 0 saturated heterocycles. The first-order valence-electron chi connectivity index (χ1n) is 9.20. The van der Waals surface area contributed by atoms with Gasteiger partial charge in [-0.2, -0.15) is 5.26 Å². The minimum absolute atomic E-state index is 0.0116. The van der Waals surface area contributed by atoms with E-state index >= 15 is 0 Å². The third kappa shape index (κ3) is 2.60. The lowest BCUT2D eigenvalue weighted by atomic mass is 9.52. The molecular weight excluding hydrogens is 304 g/mol. The Morgan fingerprint density at radius 2 is 1.92 bits per heavy atom. The molecule has 0 heterocycles. The van der Waals surface area contributed by atoms with Gasteiger partial charge in [-0.15, -0.1) is 0 Å². The third-order valence-electron chi connectivity index (χ3n) is 7.15. The summed E-state index contributed by atoms with van der Waals surface area (Å²) in [5.41, 5.74) is 0.0344. The molecule has 5 nitrogen and oxygen atoms in total. The predicted molar refractivity (Wildman–Crippen MR) is 88.5 cm³/mol. The fourth-order valence-electron chi connectivity index (χ4n) is 6.04. The molecule has 3 fully saturated rings. The van der Waals surface area contributed by atoms with E-state index in [1.807, 2.05) is 0 Å². The Labute approximate surface area is 144 Å². The van der Waals surface area contributed by atoms with Gasteiger partial charge in [-0.05, 0) is 56.3 Å². The molecule has 1 amide bonds. The number of hydrogen-bond acceptors (Lipinski definition) is 4. The summed E-state index contributed by atoms with van der Waals surface area (Å²) in [4.78, 5) is 23.6. The molecule has 0 aromatic heterocycles. The van der Waals surface area contributed by atoms with Gasteiger partial charge >= 0.3 is 5.97 Å². The van der Waals surface area contributed by atoms with E-state index in [2.05, 4.69) is 18.3 Å². The molecule has 3 rings (SSSR count). The first-order chi connectivity index (χ1) is 11.4. The van der Waals surface area contributed by atoms with Crippen molar-refractivity contribution < 1.29 is 14.3 Å². The number of hydrogen-bond donors (Lipinski definition) is 1. The fraction of sp³-hybridized carbons (Fsp3) is 0.842. The molecule has 0 bridgehead atoms. The highest BCUT2D eigenvalue weighted by Crippen LogP contribution is 2.61. The summed E-state index contributed by atoms with van der Waals surface area (Å²) in [6.07, 6.45) is 5.76. The maximum absolute atomic E-state index is 12.2. The van der Waals surface area contributed by atoms with Gasteiger partial charge in [-0.3, -0.25) is 9.59 Å². The van der Waals surface area contributed by atoms with E-state index in [1.165, 1.54) is 6.92 Å². The van der Waals surface area contributed by atoms with Crippen LogP contribution in [0, 0.1) is 46.3 Å². The summed E-state index contributed by atoms with van der Waals surface area (Å²) < 4.78 is 5.63. The van der Waals surface area contributed by atoms with Crippen LogP contribution >= 0.6 is 0 Å². The maximum atomic E-state index is 12.2. The number of esters is 1. The van der Waals surface area contributed by atoms with E-state index in [9.17, 15) is 14.9 Å². The molecule has 0 spiro atoms. The van der Waals surface area contributed by atoms with Gasteiger partial charge in [0.15, 0.2) is 0 Å². The van der Waals surface area contributed by atoms with Crippen molar-refractivity contribution in [3.8, 4) is 6.07 Å². The van der Waals surface area contributed by atoms with Crippen LogP contribution in [-0.4, -0.2) is 25.0 Å². The van der Waals surface area contributed by atoms with Crippen LogP contribution in [0.2, 0.25) is 0 Å². The maximum Gasteiger partial charge on any atom is 0.302 e. The Morgan fingerprint density at radius 3 is 2.54 bits per heavy atom. The van der Waals surface area contributed by atoms with Crippen molar-refractivity contribution in [3.05, 3.63) is 0 Å². The summed E-state index contributed by atoms with van der Waals surface area (Å²) >= 11 is 0. The Kier molecular flexibility index (Phi) is 4.59. The SMILES string of the molecule is CNC(=O)[C@@H]1CCC2C(CCC3(C)C(OC(C)=O)CCC23)[C@H]1C#N. The number of amides is 1. The number of rotatable bonds is 2. The zero-order valence-electron chi connectivity index (χ0n) is 14.9. The topological polar surface area (TPSA) is 79.2 Å². The number of nitrogens with zero attached hydrogens (tertiary/aromatic N) is 1. The van der Waals surface area contributed by atoms with Crippen LogP contribution in [-0.2, 0) is 14.3 Å². The lowest BCUT2D eigenvalue weighted by Crippen LogP contribution is -2.50. The second-order valence-electron chi connectivity index (χ2n) is 8.11. The first kappa shape index (κ1) is 17.3. The standard InChI is InChI=1S/C19H28N2O3/c1-11(22)24-17-7-6-16-13-4-5-14(18(23)21-3)15(10-20)12(13)8-9-19(16,17)2/h12-17H,4-9H2,1-3H3,(H,21,23)/t12?,13?,14-,15-,16?,17?,19?/m1/s1. The largest absolute Gasteiger partial charge is 0.462 e. The molecule has 5 heteroatoms. The average molecular weight is 332 g/mol. The molecule has 0 aliphatic heterocycles. The van der Waals surface area contributed by atoms with Crippen molar-refractivity contribution in [1.29, 1.82) is 5.26 Å². The van der Waals surface area contributed by atoms with Crippen LogP contribution < -0.4 is 5.32 Å². The number of nitrogens with one attached hydrogen (secondary N) is 1. The van der Waals surface area contributed by atoms with Crippen LogP contribution in [0.4, 0.5) is 0 Å². The molecule has 132 valence electrons. The normalized spacial score (nSPS) is 43.9. The van der Waals surface area contributed by atoms with Crippen molar-refractivity contribution in [2.75, 3.05) is 7.05 Å². The predicted octanol–water partition coefficient (Wildman–Crippen LogP) is 2.66. The molecule has 0 radical (unpaired) electrons. The van der Waals surface area contributed by atoms with Gasteiger partial charge < -0.3 is 10.1 Å². The van der Waals surface area contributed by atoms with Gasteiger partial charge in [0.2, 0.25) is 5.91 Å². The van der Waals surface area contributed by atoms with E-state index in [-0.39, 0.29) is 35.2 Å². The zero-order valence-corrected chi connectivity index (χ0v) is 14.9. The first-order valence-corrected chi connectivity index (χ1v) is 9.20. The van der Waals surface area contributed by atoms with Crippen molar-refractivity contribution in [2.24, 2.45) is 35.0 Å². The van der Waals surface area contributed by atoms with Gasteiger partial charge in [-0.25, -0.2) is 0 Å². The van der Waals surface area contributed by atoms with E-state index in [1.54, 1.807) is 7.05 Å². The van der Waals surface area contributed by atoms with Crippen molar-refractivity contribution >= 4 is 11.9 Å². The van der Waals surface area contributed by atoms with Crippen LogP contribution in [0.15, 0.2) is 0 Å². The fourth-order valence-corrected chi connectivity index (χ4v) is 6.04. The van der Waals surface area contributed by atoms with E-state index < -0.39 is 0 Å². The highest BCUT2D eigenvalue weighted by Gasteiger charge is 2.58. The van der Waals surface area contributed by atoms with Crippen molar-refractivity contribution in [2.45, 2.75) is 58.5 Å². The second kappa shape index (κ2) is 6.38. The summed E-state index contributed by atoms with van der Waals surface area (Å²) in [6, 6.07) is 2.46. The molecule has 5 unspecified atom stereocenters. The van der Waals surface area contributed by atoms with Gasteiger partial charge in [0.25, 0.3) is 0 Å². The molecule has 3 saturated carbocycles. The molecule has 0 aromatic carbocycles. The number of carbonyl (C=O) groups is 2. The van der Waals surface area contributed by atoms with Crippen molar-refractivity contribution in [1.82, 2.24) is 5.32 Å². The van der Waals surface area contributed by atoms with Crippen molar-refractivity contribution in [3.63, 3.8) is 0 Å². The Morgan fingerprint density at radius 1 is 1.17 bits per heavy atom. The lowest BCUT2D eigenvalue weighted by Gasteiger charge is -2.52. The smallest absolute Gasteiger partial charge is 0.302 e. The summed E-state index contributed by atoms with van der Waals surface area (Å²) in [7, 11) is 1.65. The van der Waals surface area contributed by atoms with Crippen LogP contribution in [0.5, 0.6) is 0 Å². The zero-order chi connectivity index (χ0) is 17.5. The van der Waals surface area contributed by atoms with Gasteiger partial charge in [0.1, 0.15) is 6.10 Å². The minimum Gasteiger partial charge on any atom is -0.462 e. The van der Waals surface area contributed by atoms with Crippen LogP contribution in [0.3, 0.4) is 0 Å². The monoisotopic (exact) mass is 332 g/mol. The molecular formula is C19H28N2O3. The second-order valence-corrected chi connectivity index (χ2v) is 8.11. The van der Waals surface area contributed by atoms with Gasteiger partial charge in [-0.1, -0.05) is 6.92 Å². The Bertz CT molecular complexity index is 569. The highest BCUT2D eigenvalue weighted by molar-refractivity contribution is 5.79. The van der Waals surface area contributed by atoms with Crippen LogP contribution in [0.1, 0.15) is 52.4 Å². The van der Waals surface area contributed by atoms with E-state index in [0.29, 0.717) is 17.8 Å². The minimum atomic E-state index is -0.192. The molecule has 0 aromatic rings. The molecule has 3 aliphatic carbocycles. The molecule has 1 N–H and O–H groups in total. The van der Waals surface area contributed by atoms with Gasteiger partial charge in [0, 0.05) is 19.4 Å². The summed E-state index contributed by atoms with van der Waals surface area (Å²) in [6.45, 7) is 3.75. The number of fused-ring (bicyclic) bond motifs is 3. The molecule has 7 atom stereocenters. The Hall–Kier alpha value is -1.57.